The van der Waals surface area contributed by atoms with Gasteiger partial charge in [0.25, 0.3) is 5.91 Å². The maximum atomic E-state index is 12.9. The molecule has 0 aliphatic heterocycles. The van der Waals surface area contributed by atoms with E-state index in [4.69, 9.17) is 0 Å². The number of halogens is 1. The Kier molecular flexibility index (Phi) is 6.02. The predicted octanol–water partition coefficient (Wildman–Crippen LogP) is 3.59. The molecule has 1 amide bonds. The molecule has 23 heavy (non-hydrogen) atoms. The third kappa shape index (κ3) is 5.32. The fourth-order valence-electron chi connectivity index (χ4n) is 2.07. The van der Waals surface area contributed by atoms with Gasteiger partial charge in [0.15, 0.2) is 0 Å². The molecule has 6 heteroatoms. The summed E-state index contributed by atoms with van der Waals surface area (Å²) >= 11 is 0. The number of aromatic nitrogens is 2. The standard InChI is InChI=1S/C17H21FN4O/c1-3-4-5-10-19-16(23)15-11-12(2)20-17(22-15)21-14-8-6-13(18)7-9-14/h6-9,11H,3-5,10H2,1-2H3,(H,19,23)(H,20,21,22). The second kappa shape index (κ2) is 8.22. The molecule has 0 saturated heterocycles. The van der Waals surface area contributed by atoms with E-state index in [1.54, 1.807) is 25.1 Å². The molecular formula is C17H21FN4O. The Morgan fingerprint density at radius 3 is 2.61 bits per heavy atom. The summed E-state index contributed by atoms with van der Waals surface area (Å²) in [7, 11) is 0. The first kappa shape index (κ1) is 16.9. The van der Waals surface area contributed by atoms with Gasteiger partial charge in [-0.15, -0.1) is 0 Å². The van der Waals surface area contributed by atoms with Gasteiger partial charge >= 0.3 is 0 Å². The summed E-state index contributed by atoms with van der Waals surface area (Å²) in [6.07, 6.45) is 3.14. The molecule has 5 nitrogen and oxygen atoms in total. The summed E-state index contributed by atoms with van der Waals surface area (Å²) in [6, 6.07) is 7.51. The van der Waals surface area contributed by atoms with Crippen molar-refractivity contribution in [3.63, 3.8) is 0 Å². The van der Waals surface area contributed by atoms with Crippen LogP contribution < -0.4 is 10.6 Å². The van der Waals surface area contributed by atoms with Gasteiger partial charge in [0.2, 0.25) is 5.95 Å². The molecule has 0 aliphatic rings. The van der Waals surface area contributed by atoms with Crippen LogP contribution in [0.3, 0.4) is 0 Å². The van der Waals surface area contributed by atoms with Crippen molar-refractivity contribution in [3.05, 3.63) is 47.5 Å². The number of amides is 1. The molecular weight excluding hydrogens is 295 g/mol. The summed E-state index contributed by atoms with van der Waals surface area (Å²) < 4.78 is 12.9. The normalized spacial score (nSPS) is 10.4. The van der Waals surface area contributed by atoms with Crippen molar-refractivity contribution >= 4 is 17.5 Å². The summed E-state index contributed by atoms with van der Waals surface area (Å²) in [5.74, 6) is -0.211. The summed E-state index contributed by atoms with van der Waals surface area (Å²) in [5.41, 5.74) is 1.66. The number of carbonyl (C=O) groups excluding carboxylic acids is 1. The van der Waals surface area contributed by atoms with E-state index >= 15 is 0 Å². The molecule has 122 valence electrons. The van der Waals surface area contributed by atoms with E-state index in [1.165, 1.54) is 12.1 Å². The minimum atomic E-state index is -0.312. The number of aryl methyl sites for hydroxylation is 1. The van der Waals surface area contributed by atoms with Gasteiger partial charge in [0.05, 0.1) is 0 Å². The molecule has 0 fully saturated rings. The molecule has 0 bridgehead atoms. The fourth-order valence-corrected chi connectivity index (χ4v) is 2.07. The van der Waals surface area contributed by atoms with E-state index in [-0.39, 0.29) is 11.7 Å². The first-order valence-corrected chi connectivity index (χ1v) is 7.75. The summed E-state index contributed by atoms with van der Waals surface area (Å²) in [4.78, 5) is 20.6. The van der Waals surface area contributed by atoms with Crippen molar-refractivity contribution in [2.75, 3.05) is 11.9 Å². The lowest BCUT2D eigenvalue weighted by Crippen LogP contribution is -2.25. The van der Waals surface area contributed by atoms with Gasteiger partial charge in [0, 0.05) is 17.9 Å². The van der Waals surface area contributed by atoms with Gasteiger partial charge in [-0.3, -0.25) is 4.79 Å². The predicted molar refractivity (Wildman–Crippen MR) is 88.3 cm³/mol. The van der Waals surface area contributed by atoms with Gasteiger partial charge in [-0.05, 0) is 43.7 Å². The number of rotatable bonds is 7. The third-order valence-corrected chi connectivity index (χ3v) is 3.25. The number of benzene rings is 1. The van der Waals surface area contributed by atoms with Crippen molar-refractivity contribution in [1.29, 1.82) is 0 Å². The van der Waals surface area contributed by atoms with Crippen molar-refractivity contribution < 1.29 is 9.18 Å². The van der Waals surface area contributed by atoms with Crippen molar-refractivity contribution in [2.45, 2.75) is 33.1 Å². The Morgan fingerprint density at radius 1 is 1.17 bits per heavy atom. The fraction of sp³-hybridized carbons (Fsp3) is 0.353. The van der Waals surface area contributed by atoms with Crippen LogP contribution >= 0.6 is 0 Å². The van der Waals surface area contributed by atoms with E-state index in [1.807, 2.05) is 0 Å². The molecule has 0 atom stereocenters. The number of unbranched alkanes of at least 4 members (excludes halogenated alkanes) is 2. The molecule has 1 aromatic heterocycles. The van der Waals surface area contributed by atoms with Crippen molar-refractivity contribution in [1.82, 2.24) is 15.3 Å². The summed E-state index contributed by atoms with van der Waals surface area (Å²) in [6.45, 7) is 4.55. The van der Waals surface area contributed by atoms with E-state index in [2.05, 4.69) is 27.5 Å². The number of carbonyl (C=O) groups is 1. The Morgan fingerprint density at radius 2 is 1.91 bits per heavy atom. The first-order valence-electron chi connectivity index (χ1n) is 7.75. The number of nitrogens with one attached hydrogen (secondary N) is 2. The van der Waals surface area contributed by atoms with E-state index in [9.17, 15) is 9.18 Å². The van der Waals surface area contributed by atoms with Crippen LogP contribution in [0.4, 0.5) is 16.0 Å². The van der Waals surface area contributed by atoms with Gasteiger partial charge < -0.3 is 10.6 Å². The number of hydrogen-bond donors (Lipinski definition) is 2. The quantitative estimate of drug-likeness (QED) is 0.766. The molecule has 0 radical (unpaired) electrons. The average molecular weight is 316 g/mol. The molecule has 1 aromatic carbocycles. The Bertz CT molecular complexity index is 658. The average Bonchev–Trinajstić information content (AvgIpc) is 2.53. The number of anilines is 2. The lowest BCUT2D eigenvalue weighted by atomic mass is 10.2. The van der Waals surface area contributed by atoms with Crippen molar-refractivity contribution in [2.24, 2.45) is 0 Å². The molecule has 2 aromatic rings. The highest BCUT2D eigenvalue weighted by molar-refractivity contribution is 5.92. The van der Waals surface area contributed by atoms with E-state index in [0.29, 0.717) is 29.6 Å². The monoisotopic (exact) mass is 316 g/mol. The lowest BCUT2D eigenvalue weighted by molar-refractivity contribution is 0.0948. The molecule has 0 saturated carbocycles. The Hall–Kier alpha value is -2.50. The Labute approximate surface area is 135 Å². The van der Waals surface area contributed by atoms with Gasteiger partial charge in [0.1, 0.15) is 11.5 Å². The van der Waals surface area contributed by atoms with Gasteiger partial charge in [-0.1, -0.05) is 19.8 Å². The van der Waals surface area contributed by atoms with Crippen LogP contribution in [0, 0.1) is 12.7 Å². The van der Waals surface area contributed by atoms with Crippen LogP contribution in [-0.4, -0.2) is 22.4 Å². The second-order valence-corrected chi connectivity index (χ2v) is 5.31. The number of nitrogens with zero attached hydrogens (tertiary/aromatic N) is 2. The van der Waals surface area contributed by atoms with Crippen molar-refractivity contribution in [3.8, 4) is 0 Å². The highest BCUT2D eigenvalue weighted by atomic mass is 19.1. The number of hydrogen-bond acceptors (Lipinski definition) is 4. The zero-order valence-electron chi connectivity index (χ0n) is 13.4. The highest BCUT2D eigenvalue weighted by Crippen LogP contribution is 2.14. The maximum Gasteiger partial charge on any atom is 0.270 e. The molecule has 2 N–H and O–H groups in total. The highest BCUT2D eigenvalue weighted by Gasteiger charge is 2.10. The van der Waals surface area contributed by atoms with Crippen LogP contribution in [0.1, 0.15) is 42.4 Å². The van der Waals surface area contributed by atoms with Crippen LogP contribution in [0.25, 0.3) is 0 Å². The third-order valence-electron chi connectivity index (χ3n) is 3.25. The van der Waals surface area contributed by atoms with Crippen LogP contribution in [0.2, 0.25) is 0 Å². The zero-order chi connectivity index (χ0) is 16.7. The molecule has 0 spiro atoms. The molecule has 2 rings (SSSR count). The Balaban J connectivity index is 2.05. The second-order valence-electron chi connectivity index (χ2n) is 5.31. The van der Waals surface area contributed by atoms with Crippen LogP contribution in [-0.2, 0) is 0 Å². The zero-order valence-corrected chi connectivity index (χ0v) is 13.4. The maximum absolute atomic E-state index is 12.9. The van der Waals surface area contributed by atoms with Crippen LogP contribution in [0.5, 0.6) is 0 Å². The largest absolute Gasteiger partial charge is 0.351 e. The van der Waals surface area contributed by atoms with E-state index < -0.39 is 0 Å². The topological polar surface area (TPSA) is 66.9 Å². The van der Waals surface area contributed by atoms with Crippen LogP contribution in [0.15, 0.2) is 30.3 Å². The minimum absolute atomic E-state index is 0.214. The molecule has 0 aliphatic carbocycles. The van der Waals surface area contributed by atoms with E-state index in [0.717, 1.165) is 19.3 Å². The SMILES string of the molecule is CCCCCNC(=O)c1cc(C)nc(Nc2ccc(F)cc2)n1. The molecule has 1 heterocycles. The van der Waals surface area contributed by atoms with Gasteiger partial charge in [-0.25, -0.2) is 14.4 Å². The molecule has 0 unspecified atom stereocenters. The minimum Gasteiger partial charge on any atom is -0.351 e. The lowest BCUT2D eigenvalue weighted by Gasteiger charge is -2.09. The smallest absolute Gasteiger partial charge is 0.270 e. The summed E-state index contributed by atoms with van der Waals surface area (Å²) in [5, 5.41) is 5.83. The van der Waals surface area contributed by atoms with Gasteiger partial charge in [-0.2, -0.15) is 0 Å². The first-order chi connectivity index (χ1) is 11.1.